The largest absolute Gasteiger partial charge is 0.450 e. The van der Waals surface area contributed by atoms with E-state index in [9.17, 15) is 4.79 Å². The Morgan fingerprint density at radius 1 is 1.21 bits per heavy atom. The molecule has 2 aliphatic heterocycles. The minimum Gasteiger partial charge on any atom is -0.450 e. The van der Waals surface area contributed by atoms with Crippen LogP contribution >= 0.6 is 0 Å². The summed E-state index contributed by atoms with van der Waals surface area (Å²) in [5.41, 5.74) is 2.61. The molecule has 1 saturated heterocycles. The number of nitrogens with one attached hydrogen (secondary N) is 1. The van der Waals surface area contributed by atoms with E-state index in [1.165, 1.54) is 11.3 Å². The monoisotopic (exact) mass is 381 g/mol. The molecule has 4 rings (SSSR count). The molecule has 0 bridgehead atoms. The Morgan fingerprint density at radius 3 is 2.86 bits per heavy atom. The van der Waals surface area contributed by atoms with Crippen LogP contribution in [0.3, 0.4) is 0 Å². The average molecular weight is 381 g/mol. The molecule has 7 nitrogen and oxygen atoms in total. The minimum atomic E-state index is -0.219. The topological polar surface area (TPSA) is 70.6 Å². The number of anilines is 3. The Balaban J connectivity index is 1.41. The van der Waals surface area contributed by atoms with E-state index in [1.807, 2.05) is 19.2 Å². The molecular formula is C21H27N5O2. The molecule has 0 atom stereocenters. The van der Waals surface area contributed by atoms with Gasteiger partial charge in [0.05, 0.1) is 6.61 Å². The van der Waals surface area contributed by atoms with Crippen molar-refractivity contribution in [1.29, 1.82) is 0 Å². The van der Waals surface area contributed by atoms with E-state index in [1.54, 1.807) is 4.90 Å². The highest BCUT2D eigenvalue weighted by atomic mass is 16.6. The first-order valence-electron chi connectivity index (χ1n) is 10.1. The van der Waals surface area contributed by atoms with Gasteiger partial charge in [-0.3, -0.25) is 0 Å². The van der Waals surface area contributed by atoms with Gasteiger partial charge in [0.25, 0.3) is 0 Å². The van der Waals surface area contributed by atoms with Crippen molar-refractivity contribution in [3.63, 3.8) is 0 Å². The van der Waals surface area contributed by atoms with Gasteiger partial charge in [-0.1, -0.05) is 18.2 Å². The van der Waals surface area contributed by atoms with E-state index in [0.29, 0.717) is 25.6 Å². The SMILES string of the molecule is CCOC(=O)N1CCC(Nc2nccc(N3CCCc4ccccc43)n2)CC1. The molecule has 0 radical (unpaired) electrons. The average Bonchev–Trinajstić information content (AvgIpc) is 2.74. The number of benzene rings is 1. The van der Waals surface area contributed by atoms with Crippen LogP contribution in [-0.4, -0.2) is 53.2 Å². The third kappa shape index (κ3) is 4.03. The van der Waals surface area contributed by atoms with Crippen molar-refractivity contribution in [2.24, 2.45) is 0 Å². The normalized spacial score (nSPS) is 17.2. The Bertz CT molecular complexity index is 820. The molecule has 1 N–H and O–H groups in total. The smallest absolute Gasteiger partial charge is 0.409 e. The fourth-order valence-corrected chi connectivity index (χ4v) is 3.94. The van der Waals surface area contributed by atoms with Gasteiger partial charge >= 0.3 is 6.09 Å². The van der Waals surface area contributed by atoms with E-state index in [4.69, 9.17) is 9.72 Å². The van der Waals surface area contributed by atoms with E-state index in [0.717, 1.165) is 38.0 Å². The molecule has 2 aliphatic rings. The maximum atomic E-state index is 11.8. The summed E-state index contributed by atoms with van der Waals surface area (Å²) in [5, 5.41) is 3.45. The molecule has 148 valence electrons. The van der Waals surface area contributed by atoms with Crippen LogP contribution in [0.25, 0.3) is 0 Å². The lowest BCUT2D eigenvalue weighted by Crippen LogP contribution is -2.42. The maximum absolute atomic E-state index is 11.8. The number of para-hydroxylation sites is 1. The number of carbonyl (C=O) groups is 1. The number of likely N-dealkylation sites (tertiary alicyclic amines) is 1. The number of ether oxygens (including phenoxy) is 1. The van der Waals surface area contributed by atoms with Crippen LogP contribution in [0.15, 0.2) is 36.5 Å². The van der Waals surface area contributed by atoms with Crippen molar-refractivity contribution in [3.8, 4) is 0 Å². The number of aryl methyl sites for hydroxylation is 1. The van der Waals surface area contributed by atoms with Crippen molar-refractivity contribution in [2.45, 2.75) is 38.6 Å². The Kier molecular flexibility index (Phi) is 5.60. The van der Waals surface area contributed by atoms with Crippen LogP contribution < -0.4 is 10.2 Å². The van der Waals surface area contributed by atoms with E-state index < -0.39 is 0 Å². The van der Waals surface area contributed by atoms with Crippen LogP contribution in [-0.2, 0) is 11.2 Å². The Morgan fingerprint density at radius 2 is 2.04 bits per heavy atom. The number of carbonyl (C=O) groups excluding carboxylic acids is 1. The van der Waals surface area contributed by atoms with Crippen molar-refractivity contribution >= 4 is 23.5 Å². The van der Waals surface area contributed by atoms with Crippen molar-refractivity contribution < 1.29 is 9.53 Å². The molecule has 1 aromatic heterocycles. The lowest BCUT2D eigenvalue weighted by Gasteiger charge is -2.32. The summed E-state index contributed by atoms with van der Waals surface area (Å²) >= 11 is 0. The molecule has 1 fully saturated rings. The number of piperidine rings is 1. The van der Waals surface area contributed by atoms with Crippen LogP contribution in [0.1, 0.15) is 31.7 Å². The summed E-state index contributed by atoms with van der Waals surface area (Å²) < 4.78 is 5.08. The number of hydrogen-bond donors (Lipinski definition) is 1. The van der Waals surface area contributed by atoms with Crippen molar-refractivity contribution in [3.05, 3.63) is 42.1 Å². The fourth-order valence-electron chi connectivity index (χ4n) is 3.94. The zero-order valence-electron chi connectivity index (χ0n) is 16.3. The number of hydrogen-bond acceptors (Lipinski definition) is 6. The number of amides is 1. The fraction of sp³-hybridized carbons (Fsp3) is 0.476. The predicted molar refractivity (Wildman–Crippen MR) is 109 cm³/mol. The highest BCUT2D eigenvalue weighted by Crippen LogP contribution is 2.32. The summed E-state index contributed by atoms with van der Waals surface area (Å²) in [6, 6.07) is 10.8. The molecule has 2 aromatic rings. The molecule has 0 saturated carbocycles. The van der Waals surface area contributed by atoms with Crippen molar-refractivity contribution in [1.82, 2.24) is 14.9 Å². The van der Waals surface area contributed by atoms with Gasteiger partial charge in [0.15, 0.2) is 0 Å². The van der Waals surface area contributed by atoms with Crippen LogP contribution in [0.4, 0.5) is 22.2 Å². The third-order valence-corrected chi connectivity index (χ3v) is 5.38. The van der Waals surface area contributed by atoms with Crippen molar-refractivity contribution in [2.75, 3.05) is 36.5 Å². The first kappa shape index (κ1) is 18.5. The summed E-state index contributed by atoms with van der Waals surface area (Å²) in [6.07, 6.45) is 5.55. The minimum absolute atomic E-state index is 0.219. The second-order valence-corrected chi connectivity index (χ2v) is 7.23. The second-order valence-electron chi connectivity index (χ2n) is 7.23. The van der Waals surface area contributed by atoms with Crippen LogP contribution in [0, 0.1) is 0 Å². The number of aromatic nitrogens is 2. The molecule has 0 aliphatic carbocycles. The zero-order chi connectivity index (χ0) is 19.3. The quantitative estimate of drug-likeness (QED) is 0.873. The predicted octanol–water partition coefficient (Wildman–Crippen LogP) is 3.59. The number of rotatable bonds is 4. The maximum Gasteiger partial charge on any atom is 0.409 e. The Labute approximate surface area is 165 Å². The van der Waals surface area contributed by atoms with E-state index in [2.05, 4.69) is 39.5 Å². The number of fused-ring (bicyclic) bond motifs is 1. The molecular weight excluding hydrogens is 354 g/mol. The van der Waals surface area contributed by atoms with Gasteiger partial charge in [0.2, 0.25) is 5.95 Å². The van der Waals surface area contributed by atoms with Gasteiger partial charge in [-0.25, -0.2) is 9.78 Å². The lowest BCUT2D eigenvalue weighted by atomic mass is 10.0. The summed E-state index contributed by atoms with van der Waals surface area (Å²) in [5.74, 6) is 1.57. The van der Waals surface area contributed by atoms with Crippen LogP contribution in [0.5, 0.6) is 0 Å². The Hall–Kier alpha value is -2.83. The van der Waals surface area contributed by atoms with Gasteiger partial charge < -0.3 is 19.9 Å². The molecule has 7 heteroatoms. The number of nitrogens with zero attached hydrogens (tertiary/aromatic N) is 4. The van der Waals surface area contributed by atoms with E-state index in [-0.39, 0.29) is 12.1 Å². The summed E-state index contributed by atoms with van der Waals surface area (Å²) in [6.45, 7) is 4.59. The zero-order valence-corrected chi connectivity index (χ0v) is 16.3. The van der Waals surface area contributed by atoms with Gasteiger partial charge in [-0.2, -0.15) is 4.98 Å². The molecule has 0 spiro atoms. The molecule has 28 heavy (non-hydrogen) atoms. The third-order valence-electron chi connectivity index (χ3n) is 5.38. The van der Waals surface area contributed by atoms with Crippen LogP contribution in [0.2, 0.25) is 0 Å². The van der Waals surface area contributed by atoms with Gasteiger partial charge in [0, 0.05) is 37.6 Å². The second kappa shape index (κ2) is 8.46. The molecule has 1 aromatic carbocycles. The van der Waals surface area contributed by atoms with Gasteiger partial charge in [-0.05, 0) is 50.3 Å². The standard InChI is InChI=1S/C21H27N5O2/c1-2-28-21(27)25-14-10-17(11-15-25)23-20-22-12-9-19(24-20)26-13-5-7-16-6-3-4-8-18(16)26/h3-4,6,8-9,12,17H,2,5,7,10-11,13-15H2,1H3,(H,22,23,24). The highest BCUT2D eigenvalue weighted by molar-refractivity contribution is 5.68. The first-order chi connectivity index (χ1) is 13.7. The summed E-state index contributed by atoms with van der Waals surface area (Å²) in [7, 11) is 0. The molecule has 3 heterocycles. The first-order valence-corrected chi connectivity index (χ1v) is 10.1. The molecule has 1 amide bonds. The molecule has 0 unspecified atom stereocenters. The summed E-state index contributed by atoms with van der Waals surface area (Å²) in [4.78, 5) is 25.1. The van der Waals surface area contributed by atoms with Gasteiger partial charge in [-0.15, -0.1) is 0 Å². The van der Waals surface area contributed by atoms with E-state index >= 15 is 0 Å². The lowest BCUT2D eigenvalue weighted by molar-refractivity contribution is 0.0983. The highest BCUT2D eigenvalue weighted by Gasteiger charge is 2.24. The van der Waals surface area contributed by atoms with Gasteiger partial charge in [0.1, 0.15) is 5.82 Å².